The van der Waals surface area contributed by atoms with Crippen molar-refractivity contribution in [2.24, 2.45) is 5.41 Å². The van der Waals surface area contributed by atoms with Crippen molar-refractivity contribution < 1.29 is 19.1 Å². The van der Waals surface area contributed by atoms with E-state index in [1.165, 1.54) is 0 Å². The highest BCUT2D eigenvalue weighted by Crippen LogP contribution is 2.33. The van der Waals surface area contributed by atoms with Gasteiger partial charge in [-0.15, -0.1) is 0 Å². The monoisotopic (exact) mass is 457 g/mol. The predicted molar refractivity (Wildman–Crippen MR) is 124 cm³/mol. The Kier molecular flexibility index (Phi) is 6.63. The highest BCUT2D eigenvalue weighted by atomic mass is 16.6. The number of likely N-dealkylation sites (N-methyl/N-ethyl adjacent to an activating group) is 1. The molecule has 0 saturated carbocycles. The second-order valence-corrected chi connectivity index (χ2v) is 10.0. The minimum atomic E-state index is -0.675. The summed E-state index contributed by atoms with van der Waals surface area (Å²) in [6, 6.07) is -0.675. The second-order valence-electron chi connectivity index (χ2n) is 10.0. The Morgan fingerprint density at radius 2 is 2.00 bits per heavy atom. The Morgan fingerprint density at radius 3 is 2.73 bits per heavy atom. The van der Waals surface area contributed by atoms with E-state index in [2.05, 4.69) is 27.1 Å². The van der Waals surface area contributed by atoms with Crippen LogP contribution in [-0.2, 0) is 27.4 Å². The van der Waals surface area contributed by atoms with Crippen LogP contribution in [0.25, 0.3) is 5.57 Å². The number of ether oxygens (including phenoxy) is 2. The average Bonchev–Trinajstić information content (AvgIpc) is 3.02. The number of amides is 2. The average molecular weight is 458 g/mol. The molecule has 2 amide bonds. The van der Waals surface area contributed by atoms with Gasteiger partial charge in [0.25, 0.3) is 5.91 Å². The van der Waals surface area contributed by atoms with Gasteiger partial charge in [0.1, 0.15) is 30.3 Å². The number of nitrogens with one attached hydrogen (secondary N) is 2. The molecule has 2 aliphatic heterocycles. The predicted octanol–water partition coefficient (Wildman–Crippen LogP) is 1.70. The molecule has 0 radical (unpaired) electrons. The molecule has 1 saturated heterocycles. The van der Waals surface area contributed by atoms with E-state index in [-0.39, 0.29) is 17.9 Å². The van der Waals surface area contributed by atoms with Crippen molar-refractivity contribution in [3.8, 4) is 0 Å². The van der Waals surface area contributed by atoms with Crippen LogP contribution in [0, 0.1) is 5.41 Å². The molecule has 1 aliphatic carbocycles. The number of rotatable bonds is 4. The highest BCUT2D eigenvalue weighted by Gasteiger charge is 2.35. The van der Waals surface area contributed by atoms with Gasteiger partial charge in [0.05, 0.1) is 12.3 Å². The first-order valence-corrected chi connectivity index (χ1v) is 11.6. The first-order valence-electron chi connectivity index (χ1n) is 11.6. The molecule has 9 nitrogen and oxygen atoms in total. The molecule has 33 heavy (non-hydrogen) atoms. The Bertz CT molecular complexity index is 988. The summed E-state index contributed by atoms with van der Waals surface area (Å²) in [4.78, 5) is 33.0. The van der Waals surface area contributed by atoms with Gasteiger partial charge in [-0.3, -0.25) is 9.59 Å². The summed E-state index contributed by atoms with van der Waals surface area (Å²) in [5.74, 6) is 1.10. The molecular formula is C24H35N5O4. The van der Waals surface area contributed by atoms with Crippen molar-refractivity contribution in [1.29, 1.82) is 0 Å². The van der Waals surface area contributed by atoms with Gasteiger partial charge in [-0.2, -0.15) is 0 Å². The number of fused-ring (bicyclic) bond motifs is 2. The lowest BCUT2D eigenvalue weighted by Gasteiger charge is -2.29. The fraction of sp³-hybridized carbons (Fsp3) is 0.625. The van der Waals surface area contributed by atoms with Crippen molar-refractivity contribution in [1.82, 2.24) is 25.1 Å². The lowest BCUT2D eigenvalue weighted by Crippen LogP contribution is -2.53. The number of carbonyl (C=O) groups is 2. The summed E-state index contributed by atoms with van der Waals surface area (Å²) in [5.41, 5.74) is 1.84. The lowest BCUT2D eigenvalue weighted by atomic mass is 9.86. The van der Waals surface area contributed by atoms with Crippen LogP contribution < -0.4 is 10.6 Å². The second kappa shape index (κ2) is 9.30. The van der Waals surface area contributed by atoms with Crippen molar-refractivity contribution >= 4 is 17.4 Å². The maximum Gasteiger partial charge on any atom is 0.272 e. The third kappa shape index (κ3) is 4.84. The summed E-state index contributed by atoms with van der Waals surface area (Å²) in [5, 5.41) is 5.61. The Hall–Kier alpha value is -2.65. The molecule has 4 rings (SSSR count). The van der Waals surface area contributed by atoms with E-state index in [9.17, 15) is 9.59 Å². The van der Waals surface area contributed by atoms with Crippen LogP contribution in [0.3, 0.4) is 0 Å². The van der Waals surface area contributed by atoms with Gasteiger partial charge in [0.2, 0.25) is 5.91 Å². The third-order valence-corrected chi connectivity index (χ3v) is 6.41. The summed E-state index contributed by atoms with van der Waals surface area (Å²) >= 11 is 0. The highest BCUT2D eigenvalue weighted by molar-refractivity contribution is 5.97. The zero-order valence-corrected chi connectivity index (χ0v) is 20.2. The fourth-order valence-corrected chi connectivity index (χ4v) is 4.62. The van der Waals surface area contributed by atoms with Crippen molar-refractivity contribution in [3.63, 3.8) is 0 Å². The van der Waals surface area contributed by atoms with Crippen molar-refractivity contribution in [2.45, 2.75) is 58.8 Å². The SMILES string of the molecule is CNC(=O)[C@@H](NC(=O)c1nc(C2=CC=C3OCCOC3C2)n2c1CN(C)CCC2)C(C)(C)C. The number of nitrogens with zero attached hydrogens (tertiary/aromatic N) is 3. The normalized spacial score (nSPS) is 22.0. The van der Waals surface area contributed by atoms with Crippen LogP contribution in [0.15, 0.2) is 17.9 Å². The standard InChI is InChI=1S/C24H35N5O4/c1-24(2,3)20(23(31)25-4)27-22(30)19-16-14-28(5)9-6-10-29(16)21(26-19)15-7-8-17-18(13-15)33-12-11-32-17/h7-8,18,20H,6,9-14H2,1-5H3,(H,25,31)(H,27,30)/t18?,20-/m1/s1. The fourth-order valence-electron chi connectivity index (χ4n) is 4.62. The van der Waals surface area contributed by atoms with Gasteiger partial charge in [-0.25, -0.2) is 4.98 Å². The summed E-state index contributed by atoms with van der Waals surface area (Å²) in [6.07, 6.45) is 5.48. The maximum absolute atomic E-state index is 13.5. The van der Waals surface area contributed by atoms with E-state index in [0.29, 0.717) is 31.9 Å². The Labute approximate surface area is 195 Å². The van der Waals surface area contributed by atoms with E-state index in [1.54, 1.807) is 7.05 Å². The first-order chi connectivity index (χ1) is 15.7. The molecule has 0 bridgehead atoms. The van der Waals surface area contributed by atoms with Gasteiger partial charge in [-0.05, 0) is 37.1 Å². The minimum absolute atomic E-state index is 0.115. The quantitative estimate of drug-likeness (QED) is 0.714. The number of imidazole rings is 1. The summed E-state index contributed by atoms with van der Waals surface area (Å²) < 4.78 is 13.8. The van der Waals surface area contributed by atoms with Gasteiger partial charge in [0.15, 0.2) is 5.69 Å². The van der Waals surface area contributed by atoms with Crippen LogP contribution in [0.2, 0.25) is 0 Å². The maximum atomic E-state index is 13.5. The summed E-state index contributed by atoms with van der Waals surface area (Å²) in [6.45, 7) is 9.28. The van der Waals surface area contributed by atoms with E-state index in [1.807, 2.05) is 32.9 Å². The third-order valence-electron chi connectivity index (χ3n) is 6.41. The van der Waals surface area contributed by atoms with Crippen LogP contribution in [0.4, 0.5) is 0 Å². The van der Waals surface area contributed by atoms with Crippen molar-refractivity contribution in [3.05, 3.63) is 35.1 Å². The lowest BCUT2D eigenvalue weighted by molar-refractivity contribution is -0.124. The van der Waals surface area contributed by atoms with Crippen LogP contribution in [-0.4, -0.2) is 72.3 Å². The zero-order valence-electron chi connectivity index (χ0n) is 20.2. The molecule has 180 valence electrons. The van der Waals surface area contributed by atoms with Crippen LogP contribution in [0.1, 0.15) is 55.6 Å². The van der Waals surface area contributed by atoms with Gasteiger partial charge >= 0.3 is 0 Å². The molecule has 1 unspecified atom stereocenters. The number of hydrogen-bond acceptors (Lipinski definition) is 6. The largest absolute Gasteiger partial charge is 0.493 e. The number of carbonyl (C=O) groups excluding carboxylic acids is 2. The van der Waals surface area contributed by atoms with Crippen LogP contribution >= 0.6 is 0 Å². The van der Waals surface area contributed by atoms with Crippen LogP contribution in [0.5, 0.6) is 0 Å². The number of hydrogen-bond donors (Lipinski definition) is 2. The molecule has 9 heteroatoms. The molecule has 1 fully saturated rings. The van der Waals surface area contributed by atoms with Crippen molar-refractivity contribution in [2.75, 3.05) is 33.9 Å². The molecule has 2 atom stereocenters. The molecular weight excluding hydrogens is 422 g/mol. The zero-order chi connectivity index (χ0) is 23.8. The van der Waals surface area contributed by atoms with E-state index in [4.69, 9.17) is 14.5 Å². The molecule has 1 aromatic rings. The molecule has 1 aromatic heterocycles. The minimum Gasteiger partial charge on any atom is -0.493 e. The molecule has 0 spiro atoms. The molecule has 2 N–H and O–H groups in total. The van der Waals surface area contributed by atoms with E-state index >= 15 is 0 Å². The summed E-state index contributed by atoms with van der Waals surface area (Å²) in [7, 11) is 3.63. The Balaban J connectivity index is 1.71. The number of allylic oxidation sites excluding steroid dienone is 2. The van der Waals surface area contributed by atoms with Gasteiger partial charge in [0, 0.05) is 26.6 Å². The number of aromatic nitrogens is 2. The Morgan fingerprint density at radius 1 is 1.21 bits per heavy atom. The topological polar surface area (TPSA) is 97.7 Å². The first kappa shape index (κ1) is 23.5. The molecule has 0 aromatic carbocycles. The smallest absolute Gasteiger partial charge is 0.272 e. The van der Waals surface area contributed by atoms with Gasteiger partial charge < -0.3 is 29.6 Å². The molecule has 3 aliphatic rings. The molecule has 3 heterocycles. The van der Waals surface area contributed by atoms with E-state index < -0.39 is 11.5 Å². The van der Waals surface area contributed by atoms with Gasteiger partial charge in [-0.1, -0.05) is 26.8 Å². The van der Waals surface area contributed by atoms with E-state index in [0.717, 1.165) is 42.4 Å².